The molecule has 72 valence electrons. The summed E-state index contributed by atoms with van der Waals surface area (Å²) in [5.41, 5.74) is 0. The SMILES string of the molecule is O=[N+](Oc1cn[nH]n1)Oc1cn[nH]n1. The fourth-order valence-corrected chi connectivity index (χ4v) is 0.642. The second-order valence-corrected chi connectivity index (χ2v) is 2.02. The van der Waals surface area contributed by atoms with Crippen molar-refractivity contribution in [3.63, 3.8) is 0 Å². The minimum absolute atomic E-state index is 0.0245. The lowest BCUT2D eigenvalue weighted by Crippen LogP contribution is -2.17. The van der Waals surface area contributed by atoms with Crippen molar-refractivity contribution in [1.29, 1.82) is 0 Å². The average molecular weight is 198 g/mol. The van der Waals surface area contributed by atoms with Gasteiger partial charge in [-0.1, -0.05) is 0 Å². The van der Waals surface area contributed by atoms with E-state index in [9.17, 15) is 4.91 Å². The number of nitrogens with zero attached hydrogens (tertiary/aromatic N) is 5. The van der Waals surface area contributed by atoms with Gasteiger partial charge in [-0.3, -0.25) is 0 Å². The van der Waals surface area contributed by atoms with Crippen LogP contribution >= 0.6 is 0 Å². The summed E-state index contributed by atoms with van der Waals surface area (Å²) in [7, 11) is 0. The van der Waals surface area contributed by atoms with Crippen molar-refractivity contribution in [1.82, 2.24) is 30.8 Å². The summed E-state index contributed by atoms with van der Waals surface area (Å²) in [6.45, 7) is 0. The maximum Gasteiger partial charge on any atom is 0.492 e. The minimum Gasteiger partial charge on any atom is -0.194 e. The molecule has 2 rings (SSSR count). The fraction of sp³-hybridized carbons (Fsp3) is 0. The molecule has 2 N–H and O–H groups in total. The van der Waals surface area contributed by atoms with Crippen LogP contribution in [0.5, 0.6) is 11.8 Å². The van der Waals surface area contributed by atoms with Crippen molar-refractivity contribution in [2.24, 2.45) is 0 Å². The largest absolute Gasteiger partial charge is 0.492 e. The van der Waals surface area contributed by atoms with Gasteiger partial charge in [0.1, 0.15) is 17.3 Å². The van der Waals surface area contributed by atoms with Crippen LogP contribution in [0, 0.1) is 4.91 Å². The average Bonchev–Trinajstić information content (AvgIpc) is 2.76. The summed E-state index contributed by atoms with van der Waals surface area (Å²) in [4.78, 5) is 19.9. The van der Waals surface area contributed by atoms with E-state index in [0.29, 0.717) is 0 Å². The first-order valence-electron chi connectivity index (χ1n) is 3.39. The second-order valence-electron chi connectivity index (χ2n) is 2.02. The molecular weight excluding hydrogens is 194 g/mol. The molecule has 14 heavy (non-hydrogen) atoms. The van der Waals surface area contributed by atoms with Crippen molar-refractivity contribution in [3.05, 3.63) is 17.3 Å². The monoisotopic (exact) mass is 198 g/mol. The van der Waals surface area contributed by atoms with Gasteiger partial charge in [0.05, 0.1) is 0 Å². The van der Waals surface area contributed by atoms with E-state index < -0.39 is 0 Å². The summed E-state index contributed by atoms with van der Waals surface area (Å²) in [5, 5.41) is 18.1. The van der Waals surface area contributed by atoms with Gasteiger partial charge in [-0.25, -0.2) is 0 Å². The number of nitrogens with one attached hydrogen (secondary N) is 2. The molecule has 0 radical (unpaired) electrons. The molecule has 0 spiro atoms. The van der Waals surface area contributed by atoms with Crippen molar-refractivity contribution < 1.29 is 14.8 Å². The first-order chi connectivity index (χ1) is 6.84. The van der Waals surface area contributed by atoms with E-state index >= 15 is 0 Å². The third kappa shape index (κ3) is 1.80. The minimum atomic E-state index is -0.171. The van der Waals surface area contributed by atoms with E-state index in [-0.39, 0.29) is 16.8 Å². The lowest BCUT2D eigenvalue weighted by Gasteiger charge is -1.84. The van der Waals surface area contributed by atoms with Crippen LogP contribution < -0.4 is 9.68 Å². The van der Waals surface area contributed by atoms with Crippen LogP contribution in [0.2, 0.25) is 0 Å². The molecule has 2 aromatic rings. The molecule has 0 aliphatic rings. The molecule has 0 unspecified atom stereocenters. The van der Waals surface area contributed by atoms with E-state index in [1.165, 1.54) is 12.4 Å². The third-order valence-corrected chi connectivity index (χ3v) is 1.12. The lowest BCUT2D eigenvalue weighted by atomic mass is 10.9. The molecule has 2 aromatic heterocycles. The van der Waals surface area contributed by atoms with Crippen LogP contribution in [-0.2, 0) is 0 Å². The highest BCUT2D eigenvalue weighted by Gasteiger charge is 2.19. The fourth-order valence-electron chi connectivity index (χ4n) is 0.642. The molecule has 0 saturated carbocycles. The smallest absolute Gasteiger partial charge is 0.194 e. The number of hydrogen-bond acceptors (Lipinski definition) is 7. The van der Waals surface area contributed by atoms with E-state index in [1.54, 1.807) is 0 Å². The molecule has 2 heterocycles. The molecule has 0 atom stereocenters. The lowest BCUT2D eigenvalue weighted by molar-refractivity contribution is -0.921. The molecule has 0 fully saturated rings. The Morgan fingerprint density at radius 3 is 1.93 bits per heavy atom. The Hall–Kier alpha value is -2.52. The van der Waals surface area contributed by atoms with E-state index in [2.05, 4.69) is 40.5 Å². The highest BCUT2D eigenvalue weighted by atomic mass is 17.0. The zero-order chi connectivity index (χ0) is 9.80. The highest BCUT2D eigenvalue weighted by molar-refractivity contribution is 4.96. The topological polar surface area (TPSA) is 122 Å². The van der Waals surface area contributed by atoms with Gasteiger partial charge in [0.2, 0.25) is 0 Å². The number of aromatic nitrogens is 6. The molecule has 0 aromatic carbocycles. The predicted molar refractivity (Wildman–Crippen MR) is 37.6 cm³/mol. The molecule has 0 aliphatic carbocycles. The summed E-state index contributed by atoms with van der Waals surface area (Å²) < 4.78 is 0. The highest BCUT2D eigenvalue weighted by Crippen LogP contribution is 2.03. The Morgan fingerprint density at radius 2 is 1.57 bits per heavy atom. The molecule has 0 bridgehead atoms. The normalized spacial score (nSPS) is 9.71. The quantitative estimate of drug-likeness (QED) is 0.603. The predicted octanol–water partition coefficient (Wildman–Crippen LogP) is -1.01. The van der Waals surface area contributed by atoms with Crippen molar-refractivity contribution in [2.75, 3.05) is 0 Å². The number of rotatable bonds is 4. The number of H-pyrrole nitrogens is 2. The Kier molecular flexibility index (Phi) is 2.01. The van der Waals surface area contributed by atoms with Crippen molar-refractivity contribution in [2.45, 2.75) is 0 Å². The van der Waals surface area contributed by atoms with Gasteiger partial charge >= 0.3 is 16.8 Å². The maximum absolute atomic E-state index is 10.9. The Morgan fingerprint density at radius 1 is 1.07 bits per heavy atom. The van der Waals surface area contributed by atoms with Gasteiger partial charge in [0.15, 0.2) is 0 Å². The summed E-state index contributed by atoms with van der Waals surface area (Å²) >= 11 is 0. The standard InChI is InChI=1S/C4H4N7O3/c12-11(13-3-1-5-9-7-3)14-4-2-6-10-8-4/h1-2H,(H,5,7,9)(H,6,8,10)/q+1. The van der Waals surface area contributed by atoms with Crippen LogP contribution in [-0.4, -0.2) is 35.9 Å². The van der Waals surface area contributed by atoms with Gasteiger partial charge in [0.25, 0.3) is 0 Å². The van der Waals surface area contributed by atoms with Crippen LogP contribution in [0.1, 0.15) is 0 Å². The van der Waals surface area contributed by atoms with E-state index in [0.717, 1.165) is 0 Å². The Bertz CT molecular complexity index is 356. The van der Waals surface area contributed by atoms with Gasteiger partial charge in [0, 0.05) is 0 Å². The summed E-state index contributed by atoms with van der Waals surface area (Å²) in [5.74, 6) is -0.0491. The summed E-state index contributed by atoms with van der Waals surface area (Å²) in [6, 6.07) is 0. The molecule has 0 saturated heterocycles. The van der Waals surface area contributed by atoms with Crippen LogP contribution in [0.4, 0.5) is 0 Å². The molecular formula is C4H4N7O3+. The van der Waals surface area contributed by atoms with E-state index in [4.69, 9.17) is 0 Å². The number of hydrogen-bond donors (Lipinski definition) is 2. The summed E-state index contributed by atoms with van der Waals surface area (Å²) in [6.07, 6.45) is 2.41. The molecule has 0 amide bonds. The van der Waals surface area contributed by atoms with Gasteiger partial charge < -0.3 is 0 Å². The van der Waals surface area contributed by atoms with Crippen LogP contribution in [0.3, 0.4) is 0 Å². The van der Waals surface area contributed by atoms with Gasteiger partial charge in [-0.05, 0) is 0 Å². The van der Waals surface area contributed by atoms with Crippen molar-refractivity contribution >= 4 is 0 Å². The molecule has 10 heteroatoms. The molecule has 0 aliphatic heterocycles. The number of aromatic amines is 2. The third-order valence-electron chi connectivity index (χ3n) is 1.12. The first-order valence-corrected chi connectivity index (χ1v) is 3.39. The Balaban J connectivity index is 1.91. The van der Waals surface area contributed by atoms with Crippen LogP contribution in [0.15, 0.2) is 12.4 Å². The van der Waals surface area contributed by atoms with Crippen LogP contribution in [0.25, 0.3) is 0 Å². The van der Waals surface area contributed by atoms with E-state index in [1.807, 2.05) is 0 Å². The zero-order valence-corrected chi connectivity index (χ0v) is 6.62. The Labute approximate surface area is 75.7 Å². The maximum atomic E-state index is 10.9. The zero-order valence-electron chi connectivity index (χ0n) is 6.62. The van der Waals surface area contributed by atoms with Crippen molar-refractivity contribution in [3.8, 4) is 11.8 Å². The van der Waals surface area contributed by atoms with Gasteiger partial charge in [-0.2, -0.15) is 20.6 Å². The van der Waals surface area contributed by atoms with Gasteiger partial charge in [-0.15, -0.1) is 19.9 Å². The second kappa shape index (κ2) is 3.47. The molecule has 10 nitrogen and oxygen atoms in total. The first kappa shape index (κ1) is 8.10.